The summed E-state index contributed by atoms with van der Waals surface area (Å²) < 4.78 is 29.4. The fraction of sp³-hybridized carbons (Fsp3) is 0.500. The maximum Gasteiger partial charge on any atom is 0.302 e. The maximum absolute atomic E-state index is 14.6. The second kappa shape index (κ2) is 9.15. The molecular formula is C16H21FO5. The van der Waals surface area contributed by atoms with E-state index in [1.165, 1.54) is 13.8 Å². The van der Waals surface area contributed by atoms with Crippen molar-refractivity contribution in [3.8, 4) is 0 Å². The van der Waals surface area contributed by atoms with Crippen LogP contribution in [-0.4, -0.2) is 37.4 Å². The number of carbonyl (C=O) groups is 2. The van der Waals surface area contributed by atoms with Crippen molar-refractivity contribution in [1.82, 2.24) is 0 Å². The fourth-order valence-corrected chi connectivity index (χ4v) is 1.67. The van der Waals surface area contributed by atoms with Gasteiger partial charge in [-0.2, -0.15) is 0 Å². The average Bonchev–Trinajstić information content (AvgIpc) is 2.49. The van der Waals surface area contributed by atoms with Crippen molar-refractivity contribution >= 4 is 11.9 Å². The van der Waals surface area contributed by atoms with Gasteiger partial charge in [0.2, 0.25) is 0 Å². The number of benzene rings is 1. The summed E-state index contributed by atoms with van der Waals surface area (Å²) in [5.74, 6) is -1.18. The van der Waals surface area contributed by atoms with Crippen LogP contribution < -0.4 is 0 Å². The highest BCUT2D eigenvalue weighted by Gasteiger charge is 2.33. The summed E-state index contributed by atoms with van der Waals surface area (Å²) >= 11 is 0. The van der Waals surface area contributed by atoms with Crippen LogP contribution in [0.1, 0.15) is 25.8 Å². The van der Waals surface area contributed by atoms with Crippen LogP contribution in [0.15, 0.2) is 30.3 Å². The molecule has 22 heavy (non-hydrogen) atoms. The second-order valence-electron chi connectivity index (χ2n) is 5.00. The van der Waals surface area contributed by atoms with E-state index in [4.69, 9.17) is 14.2 Å². The van der Waals surface area contributed by atoms with Gasteiger partial charge in [0.15, 0.2) is 5.67 Å². The molecule has 0 fully saturated rings. The van der Waals surface area contributed by atoms with E-state index in [1.807, 2.05) is 30.3 Å². The lowest BCUT2D eigenvalue weighted by Crippen LogP contribution is -2.37. The van der Waals surface area contributed by atoms with Crippen LogP contribution in [0, 0.1) is 0 Å². The highest BCUT2D eigenvalue weighted by atomic mass is 19.1. The Morgan fingerprint density at radius 2 is 1.59 bits per heavy atom. The highest BCUT2D eigenvalue weighted by molar-refractivity contribution is 5.66. The summed E-state index contributed by atoms with van der Waals surface area (Å²) in [6.45, 7) is 1.93. The number of hydrogen-bond donors (Lipinski definition) is 0. The van der Waals surface area contributed by atoms with Crippen LogP contribution in [0.2, 0.25) is 0 Å². The Kier molecular flexibility index (Phi) is 7.52. The van der Waals surface area contributed by atoms with Gasteiger partial charge in [0.1, 0.15) is 13.2 Å². The monoisotopic (exact) mass is 312 g/mol. The standard InChI is InChI=1S/C16H21FO5/c1-13(18)21-11-16(17,12-22-14(2)19)8-9-20-10-15-6-4-3-5-7-15/h3-7H,8-12H2,1-2H3. The van der Waals surface area contributed by atoms with Gasteiger partial charge in [0.05, 0.1) is 13.2 Å². The topological polar surface area (TPSA) is 61.8 Å². The molecule has 5 nitrogen and oxygen atoms in total. The average molecular weight is 312 g/mol. The van der Waals surface area contributed by atoms with E-state index in [2.05, 4.69) is 0 Å². The first-order valence-electron chi connectivity index (χ1n) is 6.99. The molecule has 0 aliphatic heterocycles. The quantitative estimate of drug-likeness (QED) is 0.518. The zero-order valence-corrected chi connectivity index (χ0v) is 12.8. The molecule has 0 radical (unpaired) electrons. The number of hydrogen-bond acceptors (Lipinski definition) is 5. The van der Waals surface area contributed by atoms with Crippen molar-refractivity contribution in [1.29, 1.82) is 0 Å². The molecule has 0 amide bonds. The highest BCUT2D eigenvalue weighted by Crippen LogP contribution is 2.19. The normalized spacial score (nSPS) is 11.0. The van der Waals surface area contributed by atoms with E-state index < -0.39 is 30.8 Å². The molecule has 0 bridgehead atoms. The van der Waals surface area contributed by atoms with Gasteiger partial charge in [0.25, 0.3) is 0 Å². The molecule has 122 valence electrons. The lowest BCUT2D eigenvalue weighted by atomic mass is 10.1. The number of carbonyl (C=O) groups excluding carboxylic acids is 2. The summed E-state index contributed by atoms with van der Waals surface area (Å²) in [6.07, 6.45) is -0.0413. The van der Waals surface area contributed by atoms with Crippen molar-refractivity contribution in [2.45, 2.75) is 32.5 Å². The van der Waals surface area contributed by atoms with Crippen LogP contribution in [-0.2, 0) is 30.4 Å². The zero-order chi connectivity index (χ0) is 16.4. The molecule has 0 aliphatic rings. The van der Waals surface area contributed by atoms with Gasteiger partial charge in [-0.15, -0.1) is 0 Å². The Morgan fingerprint density at radius 1 is 1.05 bits per heavy atom. The Morgan fingerprint density at radius 3 is 2.09 bits per heavy atom. The van der Waals surface area contributed by atoms with Crippen molar-refractivity contribution < 1.29 is 28.2 Å². The van der Waals surface area contributed by atoms with Gasteiger partial charge in [-0.05, 0) is 5.56 Å². The predicted octanol–water partition coefficient (Wildman–Crippen LogP) is 2.43. The van der Waals surface area contributed by atoms with Gasteiger partial charge in [-0.25, -0.2) is 4.39 Å². The Hall–Kier alpha value is -1.95. The summed E-state index contributed by atoms with van der Waals surface area (Å²) in [4.78, 5) is 21.6. The number of rotatable bonds is 9. The van der Waals surface area contributed by atoms with E-state index in [9.17, 15) is 14.0 Å². The van der Waals surface area contributed by atoms with Crippen molar-refractivity contribution in [2.75, 3.05) is 19.8 Å². The van der Waals surface area contributed by atoms with Crippen LogP contribution >= 0.6 is 0 Å². The molecule has 0 aromatic heterocycles. The largest absolute Gasteiger partial charge is 0.462 e. The SMILES string of the molecule is CC(=O)OCC(F)(CCOCc1ccccc1)COC(C)=O. The molecule has 0 saturated heterocycles. The second-order valence-corrected chi connectivity index (χ2v) is 5.00. The molecular weight excluding hydrogens is 291 g/mol. The van der Waals surface area contributed by atoms with Gasteiger partial charge in [0, 0.05) is 20.3 Å². The third-order valence-corrected chi connectivity index (χ3v) is 2.87. The summed E-state index contributed by atoms with van der Waals surface area (Å²) in [5.41, 5.74) is -0.972. The molecule has 1 aromatic rings. The van der Waals surface area contributed by atoms with Crippen LogP contribution in [0.5, 0.6) is 0 Å². The first-order valence-corrected chi connectivity index (χ1v) is 6.99. The van der Waals surface area contributed by atoms with Crippen molar-refractivity contribution in [3.63, 3.8) is 0 Å². The predicted molar refractivity (Wildman–Crippen MR) is 77.8 cm³/mol. The fourth-order valence-electron chi connectivity index (χ4n) is 1.67. The maximum atomic E-state index is 14.6. The lowest BCUT2D eigenvalue weighted by molar-refractivity contribution is -0.154. The van der Waals surface area contributed by atoms with Crippen LogP contribution in [0.4, 0.5) is 4.39 Å². The molecule has 6 heteroatoms. The molecule has 1 rings (SSSR count). The molecule has 0 atom stereocenters. The zero-order valence-electron chi connectivity index (χ0n) is 12.8. The molecule has 0 aliphatic carbocycles. The van der Waals surface area contributed by atoms with Gasteiger partial charge < -0.3 is 14.2 Å². The Labute approximate surface area is 129 Å². The Balaban J connectivity index is 2.41. The minimum atomic E-state index is -1.95. The van der Waals surface area contributed by atoms with Gasteiger partial charge in [-0.1, -0.05) is 30.3 Å². The lowest BCUT2D eigenvalue weighted by Gasteiger charge is -2.24. The van der Waals surface area contributed by atoms with E-state index >= 15 is 0 Å². The third-order valence-electron chi connectivity index (χ3n) is 2.87. The molecule has 0 spiro atoms. The molecule has 0 unspecified atom stereocenters. The van der Waals surface area contributed by atoms with Gasteiger partial charge >= 0.3 is 11.9 Å². The number of halogens is 1. The molecule has 1 aromatic carbocycles. The van der Waals surface area contributed by atoms with Crippen molar-refractivity contribution in [2.24, 2.45) is 0 Å². The smallest absolute Gasteiger partial charge is 0.302 e. The first-order chi connectivity index (χ1) is 10.4. The first kappa shape index (κ1) is 18.1. The number of alkyl halides is 1. The summed E-state index contributed by atoms with van der Waals surface area (Å²) in [5, 5.41) is 0. The Bertz CT molecular complexity index is 457. The van der Waals surface area contributed by atoms with Crippen molar-refractivity contribution in [3.05, 3.63) is 35.9 Å². The van der Waals surface area contributed by atoms with Crippen LogP contribution in [0.3, 0.4) is 0 Å². The minimum Gasteiger partial charge on any atom is -0.462 e. The number of ether oxygens (including phenoxy) is 3. The molecule has 0 saturated carbocycles. The van der Waals surface area contributed by atoms with E-state index in [1.54, 1.807) is 0 Å². The minimum absolute atomic E-state index is 0.0413. The number of esters is 2. The summed E-state index contributed by atoms with van der Waals surface area (Å²) in [7, 11) is 0. The van der Waals surface area contributed by atoms with Gasteiger partial charge in [-0.3, -0.25) is 9.59 Å². The van der Waals surface area contributed by atoms with E-state index in [-0.39, 0.29) is 13.0 Å². The van der Waals surface area contributed by atoms with Crippen LogP contribution in [0.25, 0.3) is 0 Å². The van der Waals surface area contributed by atoms with E-state index in [0.29, 0.717) is 6.61 Å². The molecule has 0 heterocycles. The molecule has 0 N–H and O–H groups in total. The van der Waals surface area contributed by atoms with E-state index in [0.717, 1.165) is 5.56 Å². The third kappa shape index (κ3) is 7.73. The summed E-state index contributed by atoms with van der Waals surface area (Å²) in [6, 6.07) is 9.48.